The highest BCUT2D eigenvalue weighted by molar-refractivity contribution is 14.0. The summed E-state index contributed by atoms with van der Waals surface area (Å²) in [5, 5.41) is 6.76. The maximum atomic E-state index is 4.29. The van der Waals surface area contributed by atoms with Crippen molar-refractivity contribution >= 4 is 29.9 Å². The number of nitrogens with zero attached hydrogens (tertiary/aromatic N) is 3. The first-order valence-electron chi connectivity index (χ1n) is 8.36. The number of nitrogens with one attached hydrogen (secondary N) is 2. The van der Waals surface area contributed by atoms with Crippen LogP contribution in [0.25, 0.3) is 5.69 Å². The van der Waals surface area contributed by atoms with Crippen molar-refractivity contribution in [2.45, 2.75) is 39.2 Å². The minimum atomic E-state index is 0. The molecular weight excluding hydrogens is 413 g/mol. The zero-order valence-corrected chi connectivity index (χ0v) is 16.9. The van der Waals surface area contributed by atoms with E-state index in [2.05, 4.69) is 45.7 Å². The van der Waals surface area contributed by atoms with E-state index < -0.39 is 0 Å². The van der Waals surface area contributed by atoms with Crippen LogP contribution in [0.15, 0.2) is 48.0 Å². The van der Waals surface area contributed by atoms with E-state index in [1.165, 1.54) is 31.2 Å². The van der Waals surface area contributed by atoms with Gasteiger partial charge in [0.05, 0.1) is 12.0 Å². The summed E-state index contributed by atoms with van der Waals surface area (Å²) in [7, 11) is 1.81. The van der Waals surface area contributed by atoms with Crippen LogP contribution in [-0.4, -0.2) is 29.1 Å². The Hall–Kier alpha value is -1.57. The third-order valence-corrected chi connectivity index (χ3v) is 3.77. The molecule has 2 aromatic rings. The Morgan fingerprint density at radius 1 is 1.17 bits per heavy atom. The van der Waals surface area contributed by atoms with Crippen molar-refractivity contribution in [1.82, 2.24) is 20.2 Å². The summed E-state index contributed by atoms with van der Waals surface area (Å²) in [5.74, 6) is 0.849. The maximum absolute atomic E-state index is 4.29. The van der Waals surface area contributed by atoms with Gasteiger partial charge < -0.3 is 15.2 Å². The lowest BCUT2D eigenvalue weighted by atomic mass is 10.1. The highest BCUT2D eigenvalue weighted by atomic mass is 127. The summed E-state index contributed by atoms with van der Waals surface area (Å²) >= 11 is 0. The first-order valence-corrected chi connectivity index (χ1v) is 8.36. The van der Waals surface area contributed by atoms with Gasteiger partial charge in [-0.2, -0.15) is 0 Å². The maximum Gasteiger partial charge on any atom is 0.191 e. The number of unbranched alkanes of at least 4 members (excludes halogenated alkanes) is 3. The van der Waals surface area contributed by atoms with Crippen molar-refractivity contribution in [3.05, 3.63) is 48.5 Å². The normalized spacial score (nSPS) is 11.0. The van der Waals surface area contributed by atoms with Gasteiger partial charge in [0, 0.05) is 32.5 Å². The third-order valence-electron chi connectivity index (χ3n) is 3.77. The van der Waals surface area contributed by atoms with Crippen molar-refractivity contribution in [1.29, 1.82) is 0 Å². The van der Waals surface area contributed by atoms with Crippen LogP contribution in [0.1, 0.15) is 38.2 Å². The molecule has 0 fully saturated rings. The van der Waals surface area contributed by atoms with Gasteiger partial charge in [0.15, 0.2) is 5.96 Å². The van der Waals surface area contributed by atoms with Gasteiger partial charge in [-0.1, -0.05) is 44.4 Å². The molecule has 0 aliphatic rings. The molecule has 0 aliphatic carbocycles. The SMILES string of the molecule is CCCCCCNC(=NC)NCc1ccccc1-n1ccnc1.I. The average Bonchev–Trinajstić information content (AvgIpc) is 3.12. The van der Waals surface area contributed by atoms with Gasteiger partial charge in [-0.25, -0.2) is 4.98 Å². The summed E-state index contributed by atoms with van der Waals surface area (Å²) in [6.45, 7) is 3.91. The molecule has 0 atom stereocenters. The number of para-hydroxylation sites is 1. The van der Waals surface area contributed by atoms with E-state index in [1.54, 1.807) is 6.20 Å². The molecule has 1 aromatic heterocycles. The topological polar surface area (TPSA) is 54.2 Å². The van der Waals surface area contributed by atoms with Gasteiger partial charge in [0.25, 0.3) is 0 Å². The minimum Gasteiger partial charge on any atom is -0.356 e. The van der Waals surface area contributed by atoms with E-state index in [1.807, 2.05) is 30.2 Å². The Balaban J connectivity index is 0.00000288. The molecular formula is C18H28IN5. The number of benzene rings is 1. The van der Waals surface area contributed by atoms with Crippen LogP contribution in [0, 0.1) is 0 Å². The van der Waals surface area contributed by atoms with Crippen LogP contribution in [0.2, 0.25) is 0 Å². The van der Waals surface area contributed by atoms with Gasteiger partial charge in [0.2, 0.25) is 0 Å². The Morgan fingerprint density at radius 2 is 2.00 bits per heavy atom. The molecule has 0 aliphatic heterocycles. The fourth-order valence-corrected chi connectivity index (χ4v) is 2.47. The van der Waals surface area contributed by atoms with E-state index >= 15 is 0 Å². The van der Waals surface area contributed by atoms with Crippen LogP contribution in [0.3, 0.4) is 0 Å². The van der Waals surface area contributed by atoms with Gasteiger partial charge in [0.1, 0.15) is 0 Å². The molecule has 6 heteroatoms. The smallest absolute Gasteiger partial charge is 0.191 e. The summed E-state index contributed by atoms with van der Waals surface area (Å²) in [6, 6.07) is 8.31. The zero-order chi connectivity index (χ0) is 16.3. The number of halogens is 1. The van der Waals surface area contributed by atoms with Gasteiger partial charge in [-0.3, -0.25) is 4.99 Å². The number of guanidine groups is 1. The van der Waals surface area contributed by atoms with Crippen molar-refractivity contribution < 1.29 is 0 Å². The van der Waals surface area contributed by atoms with E-state index in [4.69, 9.17) is 0 Å². The molecule has 0 saturated heterocycles. The quantitative estimate of drug-likeness (QED) is 0.284. The van der Waals surface area contributed by atoms with Gasteiger partial charge in [-0.05, 0) is 18.1 Å². The number of hydrogen-bond donors (Lipinski definition) is 2. The number of imidazole rings is 1. The van der Waals surface area contributed by atoms with E-state index in [0.29, 0.717) is 0 Å². The van der Waals surface area contributed by atoms with Crippen molar-refractivity contribution in [3.8, 4) is 5.69 Å². The molecule has 0 unspecified atom stereocenters. The zero-order valence-electron chi connectivity index (χ0n) is 14.5. The fraction of sp³-hybridized carbons (Fsp3) is 0.444. The van der Waals surface area contributed by atoms with E-state index in [-0.39, 0.29) is 24.0 Å². The summed E-state index contributed by atoms with van der Waals surface area (Å²) in [4.78, 5) is 8.41. The highest BCUT2D eigenvalue weighted by Crippen LogP contribution is 2.13. The molecule has 0 spiro atoms. The summed E-state index contributed by atoms with van der Waals surface area (Å²) < 4.78 is 2.03. The second kappa shape index (κ2) is 11.9. The molecule has 2 rings (SSSR count). The first kappa shape index (κ1) is 20.5. The largest absolute Gasteiger partial charge is 0.356 e. The molecule has 1 aromatic carbocycles. The molecule has 24 heavy (non-hydrogen) atoms. The lowest BCUT2D eigenvalue weighted by Gasteiger charge is -2.14. The highest BCUT2D eigenvalue weighted by Gasteiger charge is 2.04. The number of rotatable bonds is 8. The van der Waals surface area contributed by atoms with Crippen LogP contribution in [0.4, 0.5) is 0 Å². The molecule has 0 saturated carbocycles. The molecule has 0 radical (unpaired) electrons. The number of hydrogen-bond acceptors (Lipinski definition) is 2. The van der Waals surface area contributed by atoms with Gasteiger partial charge in [-0.15, -0.1) is 24.0 Å². The standard InChI is InChI=1S/C18H27N5.HI/c1-3-4-5-8-11-21-18(19-2)22-14-16-9-6-7-10-17(16)23-13-12-20-15-23;/h6-7,9-10,12-13,15H,3-5,8,11,14H2,1-2H3,(H2,19,21,22);1H. The van der Waals surface area contributed by atoms with Crippen LogP contribution >= 0.6 is 24.0 Å². The van der Waals surface area contributed by atoms with Crippen molar-refractivity contribution in [2.75, 3.05) is 13.6 Å². The van der Waals surface area contributed by atoms with Crippen molar-refractivity contribution in [2.24, 2.45) is 4.99 Å². The Morgan fingerprint density at radius 3 is 2.71 bits per heavy atom. The first-order chi connectivity index (χ1) is 11.3. The molecule has 1 heterocycles. The second-order valence-electron chi connectivity index (χ2n) is 5.51. The van der Waals surface area contributed by atoms with Crippen molar-refractivity contribution in [3.63, 3.8) is 0 Å². The average molecular weight is 441 g/mol. The summed E-state index contributed by atoms with van der Waals surface area (Å²) in [6.07, 6.45) is 10.6. The Bertz CT molecular complexity index is 595. The van der Waals surface area contributed by atoms with Crippen LogP contribution in [0.5, 0.6) is 0 Å². The molecule has 5 nitrogen and oxygen atoms in total. The minimum absolute atomic E-state index is 0. The Labute approximate surface area is 162 Å². The molecule has 2 N–H and O–H groups in total. The number of aliphatic imine (C=N–C) groups is 1. The lowest BCUT2D eigenvalue weighted by Crippen LogP contribution is -2.37. The van der Waals surface area contributed by atoms with Gasteiger partial charge >= 0.3 is 0 Å². The number of aromatic nitrogens is 2. The summed E-state index contributed by atoms with van der Waals surface area (Å²) in [5.41, 5.74) is 2.34. The molecule has 132 valence electrons. The molecule has 0 bridgehead atoms. The molecule has 0 amide bonds. The Kier molecular flexibility index (Phi) is 10.1. The lowest BCUT2D eigenvalue weighted by molar-refractivity contribution is 0.647. The fourth-order valence-electron chi connectivity index (χ4n) is 2.47. The van der Waals surface area contributed by atoms with Crippen LogP contribution in [-0.2, 0) is 6.54 Å². The predicted octanol–water partition coefficient (Wildman–Crippen LogP) is 3.74. The van der Waals surface area contributed by atoms with Crippen LogP contribution < -0.4 is 10.6 Å². The second-order valence-corrected chi connectivity index (χ2v) is 5.51. The van der Waals surface area contributed by atoms with E-state index in [9.17, 15) is 0 Å². The third kappa shape index (κ3) is 6.51. The predicted molar refractivity (Wildman–Crippen MR) is 111 cm³/mol. The van der Waals surface area contributed by atoms with E-state index in [0.717, 1.165) is 24.7 Å². The monoisotopic (exact) mass is 441 g/mol.